The van der Waals surface area contributed by atoms with Crippen molar-refractivity contribution in [3.05, 3.63) is 29.8 Å². The molecule has 1 atom stereocenters. The van der Waals surface area contributed by atoms with Gasteiger partial charge in [0, 0.05) is 19.1 Å². The molecule has 120 valence electrons. The second kappa shape index (κ2) is 8.51. The largest absolute Gasteiger partial charge is 0.310 e. The molecule has 0 aliphatic rings. The average molecular weight is 312 g/mol. The molecule has 1 aromatic rings. The van der Waals surface area contributed by atoms with Crippen LogP contribution in [0.3, 0.4) is 0 Å². The molecule has 1 aromatic carbocycles. The molecule has 0 aliphatic carbocycles. The Kier molecular flexibility index (Phi) is 7.35. The van der Waals surface area contributed by atoms with E-state index in [0.717, 1.165) is 24.9 Å². The Morgan fingerprint density at radius 1 is 1.14 bits per heavy atom. The third kappa shape index (κ3) is 4.80. The second-order valence-electron chi connectivity index (χ2n) is 5.26. The van der Waals surface area contributed by atoms with Crippen LogP contribution in [0.2, 0.25) is 0 Å². The fraction of sp³-hybridized carbons (Fsp3) is 0.625. The number of nitrogens with one attached hydrogen (secondary N) is 1. The summed E-state index contributed by atoms with van der Waals surface area (Å²) in [5, 5.41) is 3.31. The van der Waals surface area contributed by atoms with Gasteiger partial charge in [0.2, 0.25) is 10.0 Å². The van der Waals surface area contributed by atoms with E-state index in [1.165, 1.54) is 0 Å². The van der Waals surface area contributed by atoms with Crippen molar-refractivity contribution in [3.63, 3.8) is 0 Å². The molecular formula is C16H28N2O2S. The molecule has 0 heterocycles. The van der Waals surface area contributed by atoms with Crippen LogP contribution in [-0.2, 0) is 10.0 Å². The molecular weight excluding hydrogens is 284 g/mol. The Labute approximate surface area is 129 Å². The molecule has 0 bridgehead atoms. The van der Waals surface area contributed by atoms with Crippen molar-refractivity contribution in [3.8, 4) is 0 Å². The number of benzene rings is 1. The van der Waals surface area contributed by atoms with Crippen molar-refractivity contribution < 1.29 is 8.42 Å². The van der Waals surface area contributed by atoms with E-state index in [-0.39, 0.29) is 6.04 Å². The second-order valence-corrected chi connectivity index (χ2v) is 7.19. The zero-order valence-electron chi connectivity index (χ0n) is 13.6. The molecule has 0 aromatic heterocycles. The van der Waals surface area contributed by atoms with Gasteiger partial charge in [-0.05, 0) is 44.0 Å². The van der Waals surface area contributed by atoms with Gasteiger partial charge in [0.15, 0.2) is 0 Å². The standard InChI is InChI=1S/C16H28N2O2S/c1-5-11-18(12-6-2)21(19,20)16-10-8-9-15(13-16)14(4)17-7-3/h8-10,13-14,17H,5-7,11-12H2,1-4H3. The predicted molar refractivity (Wildman–Crippen MR) is 87.9 cm³/mol. The first-order chi connectivity index (χ1) is 9.97. The molecule has 0 radical (unpaired) electrons. The summed E-state index contributed by atoms with van der Waals surface area (Å²) < 4.78 is 27.1. The molecule has 4 nitrogen and oxygen atoms in total. The summed E-state index contributed by atoms with van der Waals surface area (Å²) in [6.07, 6.45) is 1.65. The van der Waals surface area contributed by atoms with E-state index >= 15 is 0 Å². The van der Waals surface area contributed by atoms with Crippen molar-refractivity contribution >= 4 is 10.0 Å². The minimum absolute atomic E-state index is 0.149. The van der Waals surface area contributed by atoms with E-state index < -0.39 is 10.0 Å². The van der Waals surface area contributed by atoms with E-state index in [1.54, 1.807) is 16.4 Å². The number of hydrogen-bond acceptors (Lipinski definition) is 3. The molecule has 0 amide bonds. The van der Waals surface area contributed by atoms with Crippen LogP contribution in [0.5, 0.6) is 0 Å². The Morgan fingerprint density at radius 2 is 1.76 bits per heavy atom. The van der Waals surface area contributed by atoms with E-state index in [4.69, 9.17) is 0 Å². The maximum absolute atomic E-state index is 12.8. The topological polar surface area (TPSA) is 49.4 Å². The monoisotopic (exact) mass is 312 g/mol. The fourth-order valence-corrected chi connectivity index (χ4v) is 4.05. The lowest BCUT2D eigenvalue weighted by molar-refractivity contribution is 0.410. The van der Waals surface area contributed by atoms with E-state index in [2.05, 4.69) is 5.32 Å². The first-order valence-corrected chi connectivity index (χ1v) is 9.24. The first-order valence-electron chi connectivity index (χ1n) is 7.80. The summed E-state index contributed by atoms with van der Waals surface area (Å²) in [7, 11) is -3.39. The molecule has 0 saturated heterocycles. The number of rotatable bonds is 9. The van der Waals surface area contributed by atoms with Crippen molar-refractivity contribution in [2.75, 3.05) is 19.6 Å². The van der Waals surface area contributed by atoms with Gasteiger partial charge >= 0.3 is 0 Å². The maximum atomic E-state index is 12.8. The first kappa shape index (κ1) is 18.1. The van der Waals surface area contributed by atoms with Gasteiger partial charge in [-0.25, -0.2) is 8.42 Å². The third-order valence-corrected chi connectivity index (χ3v) is 5.35. The van der Waals surface area contributed by atoms with Gasteiger partial charge in [-0.15, -0.1) is 0 Å². The lowest BCUT2D eigenvalue weighted by atomic mass is 10.1. The Balaban J connectivity index is 3.09. The smallest absolute Gasteiger partial charge is 0.243 e. The highest BCUT2D eigenvalue weighted by atomic mass is 32.2. The van der Waals surface area contributed by atoms with Gasteiger partial charge in [-0.3, -0.25) is 0 Å². The lowest BCUT2D eigenvalue weighted by Crippen LogP contribution is -2.32. The summed E-state index contributed by atoms with van der Waals surface area (Å²) in [5.74, 6) is 0. The Hall–Kier alpha value is -0.910. The quantitative estimate of drug-likeness (QED) is 0.762. The van der Waals surface area contributed by atoms with Crippen LogP contribution in [0, 0.1) is 0 Å². The highest BCUT2D eigenvalue weighted by Gasteiger charge is 2.23. The van der Waals surface area contributed by atoms with Crippen LogP contribution in [0.1, 0.15) is 52.1 Å². The molecule has 1 unspecified atom stereocenters. The van der Waals surface area contributed by atoms with Crippen molar-refractivity contribution in [2.45, 2.75) is 51.5 Å². The van der Waals surface area contributed by atoms with Crippen LogP contribution in [0.25, 0.3) is 0 Å². The van der Waals surface area contributed by atoms with Crippen LogP contribution in [-0.4, -0.2) is 32.4 Å². The third-order valence-electron chi connectivity index (χ3n) is 3.45. The van der Waals surface area contributed by atoms with Crippen LogP contribution in [0.4, 0.5) is 0 Å². The molecule has 1 rings (SSSR count). The van der Waals surface area contributed by atoms with Crippen LogP contribution < -0.4 is 5.32 Å². The predicted octanol–water partition coefficient (Wildman–Crippen LogP) is 3.17. The molecule has 21 heavy (non-hydrogen) atoms. The van der Waals surface area contributed by atoms with Gasteiger partial charge < -0.3 is 5.32 Å². The molecule has 0 fully saturated rings. The zero-order chi connectivity index (χ0) is 15.9. The minimum Gasteiger partial charge on any atom is -0.310 e. The summed E-state index contributed by atoms with van der Waals surface area (Å²) in [6.45, 7) is 10.1. The lowest BCUT2D eigenvalue weighted by Gasteiger charge is -2.22. The Morgan fingerprint density at radius 3 is 2.29 bits per heavy atom. The number of nitrogens with zero attached hydrogens (tertiary/aromatic N) is 1. The van der Waals surface area contributed by atoms with Gasteiger partial charge in [0.05, 0.1) is 4.90 Å². The maximum Gasteiger partial charge on any atom is 0.243 e. The van der Waals surface area contributed by atoms with Crippen molar-refractivity contribution in [1.29, 1.82) is 0 Å². The molecule has 0 aliphatic heterocycles. The van der Waals surface area contributed by atoms with Gasteiger partial charge in [0.1, 0.15) is 0 Å². The highest BCUT2D eigenvalue weighted by molar-refractivity contribution is 7.89. The van der Waals surface area contributed by atoms with Gasteiger partial charge in [0.25, 0.3) is 0 Å². The normalized spacial score (nSPS) is 13.6. The zero-order valence-corrected chi connectivity index (χ0v) is 14.4. The summed E-state index contributed by atoms with van der Waals surface area (Å²) in [4.78, 5) is 0.395. The highest BCUT2D eigenvalue weighted by Crippen LogP contribution is 2.21. The van der Waals surface area contributed by atoms with Crippen molar-refractivity contribution in [1.82, 2.24) is 9.62 Å². The average Bonchev–Trinajstić information content (AvgIpc) is 2.47. The van der Waals surface area contributed by atoms with E-state index in [1.807, 2.05) is 39.8 Å². The molecule has 5 heteroatoms. The summed E-state index contributed by atoms with van der Waals surface area (Å²) in [5.41, 5.74) is 1.01. The van der Waals surface area contributed by atoms with E-state index in [9.17, 15) is 8.42 Å². The van der Waals surface area contributed by atoms with Crippen LogP contribution >= 0.6 is 0 Å². The van der Waals surface area contributed by atoms with Gasteiger partial charge in [-0.2, -0.15) is 4.31 Å². The molecule has 0 saturated carbocycles. The van der Waals surface area contributed by atoms with Crippen LogP contribution in [0.15, 0.2) is 29.2 Å². The fourth-order valence-electron chi connectivity index (χ4n) is 2.37. The van der Waals surface area contributed by atoms with Gasteiger partial charge in [-0.1, -0.05) is 32.9 Å². The van der Waals surface area contributed by atoms with Crippen molar-refractivity contribution in [2.24, 2.45) is 0 Å². The Bertz CT molecular complexity index is 523. The minimum atomic E-state index is -3.39. The molecule has 0 spiro atoms. The SMILES string of the molecule is CCCN(CCC)S(=O)(=O)c1cccc(C(C)NCC)c1. The summed E-state index contributed by atoms with van der Waals surface area (Å²) >= 11 is 0. The summed E-state index contributed by atoms with van der Waals surface area (Å²) in [6, 6.07) is 7.43. The van der Waals surface area contributed by atoms with E-state index in [0.29, 0.717) is 18.0 Å². The molecule has 1 N–H and O–H groups in total. The number of hydrogen-bond donors (Lipinski definition) is 1. The number of sulfonamides is 1.